The molecule has 0 aliphatic carbocycles. The second kappa shape index (κ2) is 5.62. The van der Waals surface area contributed by atoms with Crippen molar-refractivity contribution in [3.8, 4) is 5.75 Å². The van der Waals surface area contributed by atoms with Crippen LogP contribution in [0.15, 0.2) is 18.2 Å². The van der Waals surface area contributed by atoms with E-state index in [-0.39, 0.29) is 0 Å². The molecule has 0 aromatic heterocycles. The number of rotatable bonds is 5. The zero-order chi connectivity index (χ0) is 10.4. The van der Waals surface area contributed by atoms with Crippen molar-refractivity contribution in [2.75, 3.05) is 20.8 Å². The Kier molecular flexibility index (Phi) is 4.43. The third-order valence-corrected chi connectivity index (χ3v) is 2.13. The third-order valence-electron chi connectivity index (χ3n) is 2.13. The van der Waals surface area contributed by atoms with Gasteiger partial charge in [0.2, 0.25) is 0 Å². The summed E-state index contributed by atoms with van der Waals surface area (Å²) < 4.78 is 10.3. The van der Waals surface area contributed by atoms with Gasteiger partial charge in [-0.05, 0) is 36.2 Å². The molecule has 0 spiro atoms. The molecule has 1 aromatic rings. The zero-order valence-electron chi connectivity index (χ0n) is 8.75. The Labute approximate surface area is 84.8 Å². The van der Waals surface area contributed by atoms with E-state index in [0.717, 1.165) is 12.2 Å². The van der Waals surface area contributed by atoms with Gasteiger partial charge in [0.05, 0.1) is 13.7 Å². The number of ether oxygens (including phenoxy) is 2. The van der Waals surface area contributed by atoms with Crippen LogP contribution in [0, 0.1) is 0 Å². The fraction of sp³-hybridized carbons (Fsp3) is 0.455. The van der Waals surface area contributed by atoms with Crippen LogP contribution in [0.25, 0.3) is 0 Å². The first kappa shape index (κ1) is 11.0. The Bertz CT molecular complexity index is 287. The summed E-state index contributed by atoms with van der Waals surface area (Å²) in [5, 5.41) is 0. The van der Waals surface area contributed by atoms with Gasteiger partial charge in [-0.1, -0.05) is 6.07 Å². The van der Waals surface area contributed by atoms with Crippen LogP contribution in [0.3, 0.4) is 0 Å². The summed E-state index contributed by atoms with van der Waals surface area (Å²) >= 11 is 0. The molecule has 0 radical (unpaired) electrons. The summed E-state index contributed by atoms with van der Waals surface area (Å²) in [4.78, 5) is 0. The Hall–Kier alpha value is -1.06. The van der Waals surface area contributed by atoms with Gasteiger partial charge in [-0.25, -0.2) is 0 Å². The standard InChI is InChI=1S/C11H17NO2/c1-13-8-10-3-4-11(14-2)7-9(10)5-6-12/h3-4,7H,5-6,8,12H2,1-2H3. The van der Waals surface area contributed by atoms with E-state index in [4.69, 9.17) is 15.2 Å². The molecule has 0 saturated carbocycles. The molecule has 0 aliphatic heterocycles. The van der Waals surface area contributed by atoms with Crippen molar-refractivity contribution in [3.05, 3.63) is 29.3 Å². The first-order valence-corrected chi connectivity index (χ1v) is 4.66. The van der Waals surface area contributed by atoms with E-state index in [2.05, 4.69) is 0 Å². The van der Waals surface area contributed by atoms with Crippen molar-refractivity contribution in [1.82, 2.24) is 0 Å². The number of benzene rings is 1. The summed E-state index contributed by atoms with van der Waals surface area (Å²) in [6.45, 7) is 1.27. The molecule has 0 heterocycles. The quantitative estimate of drug-likeness (QED) is 0.771. The smallest absolute Gasteiger partial charge is 0.119 e. The lowest BCUT2D eigenvalue weighted by Crippen LogP contribution is -2.06. The lowest BCUT2D eigenvalue weighted by molar-refractivity contribution is 0.184. The summed E-state index contributed by atoms with van der Waals surface area (Å²) in [5.74, 6) is 0.869. The molecule has 0 fully saturated rings. The topological polar surface area (TPSA) is 44.5 Å². The van der Waals surface area contributed by atoms with E-state index in [0.29, 0.717) is 13.2 Å². The summed E-state index contributed by atoms with van der Waals surface area (Å²) in [7, 11) is 3.36. The van der Waals surface area contributed by atoms with Crippen LogP contribution in [0.5, 0.6) is 5.75 Å². The molecule has 0 bridgehead atoms. The zero-order valence-corrected chi connectivity index (χ0v) is 8.75. The van der Waals surface area contributed by atoms with Crippen molar-refractivity contribution >= 4 is 0 Å². The molecule has 1 rings (SSSR count). The van der Waals surface area contributed by atoms with E-state index >= 15 is 0 Å². The molecule has 0 unspecified atom stereocenters. The molecule has 78 valence electrons. The van der Waals surface area contributed by atoms with Crippen LogP contribution in [0.4, 0.5) is 0 Å². The lowest BCUT2D eigenvalue weighted by Gasteiger charge is -2.09. The molecular formula is C11H17NO2. The van der Waals surface area contributed by atoms with Crippen LogP contribution in [-0.4, -0.2) is 20.8 Å². The predicted molar refractivity (Wildman–Crippen MR) is 56.5 cm³/mol. The van der Waals surface area contributed by atoms with Crippen molar-refractivity contribution in [2.45, 2.75) is 13.0 Å². The van der Waals surface area contributed by atoms with Crippen LogP contribution in [-0.2, 0) is 17.8 Å². The molecule has 1 aromatic carbocycles. The van der Waals surface area contributed by atoms with Gasteiger partial charge >= 0.3 is 0 Å². The van der Waals surface area contributed by atoms with Crippen molar-refractivity contribution in [1.29, 1.82) is 0 Å². The molecule has 2 N–H and O–H groups in total. The third kappa shape index (κ3) is 2.72. The van der Waals surface area contributed by atoms with Gasteiger partial charge in [0.1, 0.15) is 5.75 Å². The van der Waals surface area contributed by atoms with E-state index < -0.39 is 0 Å². The van der Waals surface area contributed by atoms with E-state index in [1.165, 1.54) is 11.1 Å². The van der Waals surface area contributed by atoms with Gasteiger partial charge in [-0.3, -0.25) is 0 Å². The van der Waals surface area contributed by atoms with Gasteiger partial charge < -0.3 is 15.2 Å². The largest absolute Gasteiger partial charge is 0.497 e. The number of nitrogens with two attached hydrogens (primary N) is 1. The minimum Gasteiger partial charge on any atom is -0.497 e. The van der Waals surface area contributed by atoms with Crippen molar-refractivity contribution in [3.63, 3.8) is 0 Å². The fourth-order valence-corrected chi connectivity index (χ4v) is 1.41. The average molecular weight is 195 g/mol. The maximum atomic E-state index is 5.54. The number of methoxy groups -OCH3 is 2. The summed E-state index contributed by atoms with van der Waals surface area (Å²) in [6, 6.07) is 5.98. The maximum absolute atomic E-state index is 5.54. The number of hydrogen-bond donors (Lipinski definition) is 1. The first-order chi connectivity index (χ1) is 6.81. The molecule has 0 atom stereocenters. The minimum atomic E-state index is 0.624. The number of hydrogen-bond acceptors (Lipinski definition) is 3. The van der Waals surface area contributed by atoms with Gasteiger partial charge in [0.25, 0.3) is 0 Å². The Morgan fingerprint density at radius 3 is 2.57 bits per heavy atom. The minimum absolute atomic E-state index is 0.624. The van der Waals surface area contributed by atoms with Gasteiger partial charge in [0.15, 0.2) is 0 Å². The van der Waals surface area contributed by atoms with E-state index in [1.54, 1.807) is 14.2 Å². The van der Waals surface area contributed by atoms with Crippen molar-refractivity contribution < 1.29 is 9.47 Å². The average Bonchev–Trinajstić information content (AvgIpc) is 2.21. The normalized spacial score (nSPS) is 10.2. The maximum Gasteiger partial charge on any atom is 0.119 e. The van der Waals surface area contributed by atoms with Gasteiger partial charge in [0, 0.05) is 7.11 Å². The molecule has 0 saturated heterocycles. The Morgan fingerprint density at radius 1 is 1.21 bits per heavy atom. The highest BCUT2D eigenvalue weighted by molar-refractivity contribution is 5.35. The van der Waals surface area contributed by atoms with Crippen LogP contribution in [0.1, 0.15) is 11.1 Å². The SMILES string of the molecule is COCc1ccc(OC)cc1CCN. The molecule has 0 amide bonds. The Morgan fingerprint density at radius 2 is 2.00 bits per heavy atom. The molecule has 14 heavy (non-hydrogen) atoms. The summed E-state index contributed by atoms with van der Waals surface area (Å²) in [6.07, 6.45) is 0.857. The second-order valence-electron chi connectivity index (χ2n) is 3.11. The van der Waals surface area contributed by atoms with E-state index in [9.17, 15) is 0 Å². The van der Waals surface area contributed by atoms with Gasteiger partial charge in [-0.2, -0.15) is 0 Å². The highest BCUT2D eigenvalue weighted by Crippen LogP contribution is 2.18. The van der Waals surface area contributed by atoms with Crippen LogP contribution in [0.2, 0.25) is 0 Å². The Balaban J connectivity index is 2.91. The second-order valence-corrected chi connectivity index (χ2v) is 3.11. The molecule has 0 aliphatic rings. The molecule has 3 heteroatoms. The van der Waals surface area contributed by atoms with Crippen LogP contribution >= 0.6 is 0 Å². The fourth-order valence-electron chi connectivity index (χ4n) is 1.41. The van der Waals surface area contributed by atoms with E-state index in [1.807, 2.05) is 18.2 Å². The monoisotopic (exact) mass is 195 g/mol. The van der Waals surface area contributed by atoms with Crippen LogP contribution < -0.4 is 10.5 Å². The van der Waals surface area contributed by atoms with Gasteiger partial charge in [-0.15, -0.1) is 0 Å². The molecule has 3 nitrogen and oxygen atoms in total. The predicted octanol–water partition coefficient (Wildman–Crippen LogP) is 1.34. The first-order valence-electron chi connectivity index (χ1n) is 4.66. The highest BCUT2D eigenvalue weighted by atomic mass is 16.5. The lowest BCUT2D eigenvalue weighted by atomic mass is 10.0. The molecular weight excluding hydrogens is 178 g/mol. The highest BCUT2D eigenvalue weighted by Gasteiger charge is 2.03. The summed E-state index contributed by atoms with van der Waals surface area (Å²) in [5.41, 5.74) is 7.92. The van der Waals surface area contributed by atoms with Crippen molar-refractivity contribution in [2.24, 2.45) is 5.73 Å².